The fourth-order valence-electron chi connectivity index (χ4n) is 3.33. The van der Waals surface area contributed by atoms with E-state index in [1.54, 1.807) is 0 Å². The van der Waals surface area contributed by atoms with Crippen LogP contribution in [0.3, 0.4) is 0 Å². The van der Waals surface area contributed by atoms with E-state index in [-0.39, 0.29) is 12.4 Å². The van der Waals surface area contributed by atoms with Crippen molar-refractivity contribution in [2.24, 2.45) is 17.8 Å². The van der Waals surface area contributed by atoms with Crippen LogP contribution in [0.1, 0.15) is 52.4 Å². The highest BCUT2D eigenvalue weighted by atomic mass is 127. The van der Waals surface area contributed by atoms with Crippen molar-refractivity contribution in [1.82, 2.24) is 0 Å². The third kappa shape index (κ3) is 4.71. The van der Waals surface area contributed by atoms with Crippen LogP contribution >= 0.6 is 22.6 Å². The smallest absolute Gasteiger partial charge is 0.155 e. The zero-order valence-electron chi connectivity index (χ0n) is 12.2. The van der Waals surface area contributed by atoms with Gasteiger partial charge >= 0.3 is 0 Å². The van der Waals surface area contributed by atoms with Crippen LogP contribution in [-0.2, 0) is 9.47 Å². The Hall–Kier alpha value is 0.390. The summed E-state index contributed by atoms with van der Waals surface area (Å²) in [4.78, 5) is 0. The lowest BCUT2D eigenvalue weighted by molar-refractivity contribution is -0.167. The van der Waals surface area contributed by atoms with Gasteiger partial charge in [0.05, 0.1) is 6.10 Å². The maximum absolute atomic E-state index is 6.01. The summed E-state index contributed by atoms with van der Waals surface area (Å²) in [6, 6.07) is 0. The summed E-state index contributed by atoms with van der Waals surface area (Å²) in [7, 11) is 0. The number of ether oxygens (including phenoxy) is 2. The lowest BCUT2D eigenvalue weighted by atomic mass is 9.66. The Morgan fingerprint density at radius 1 is 1.26 bits per heavy atom. The van der Waals surface area contributed by atoms with Gasteiger partial charge in [-0.05, 0) is 61.0 Å². The summed E-state index contributed by atoms with van der Waals surface area (Å²) < 4.78 is 13.6. The van der Waals surface area contributed by atoms with Gasteiger partial charge in [-0.2, -0.15) is 0 Å². The van der Waals surface area contributed by atoms with Crippen LogP contribution in [-0.4, -0.2) is 19.0 Å². The first-order chi connectivity index (χ1) is 9.22. The summed E-state index contributed by atoms with van der Waals surface area (Å²) in [5.41, 5.74) is 0. The van der Waals surface area contributed by atoms with Crippen LogP contribution < -0.4 is 0 Å². The molecule has 0 heterocycles. The third-order valence-corrected chi connectivity index (χ3v) is 5.06. The molecule has 2 unspecified atom stereocenters. The minimum Gasteiger partial charge on any atom is -0.353 e. The molecule has 110 valence electrons. The van der Waals surface area contributed by atoms with Crippen molar-refractivity contribution in [3.05, 3.63) is 10.2 Å². The summed E-state index contributed by atoms with van der Waals surface area (Å²) >= 11 is 2.28. The first kappa shape index (κ1) is 15.8. The number of hydrogen-bond donors (Lipinski definition) is 0. The highest BCUT2D eigenvalue weighted by molar-refractivity contribution is 14.1. The molecule has 0 spiro atoms. The van der Waals surface area contributed by atoms with E-state index < -0.39 is 0 Å². The van der Waals surface area contributed by atoms with Crippen molar-refractivity contribution in [2.45, 2.75) is 64.8 Å². The van der Waals surface area contributed by atoms with E-state index in [4.69, 9.17) is 9.47 Å². The van der Waals surface area contributed by atoms with Crippen molar-refractivity contribution in [3.63, 3.8) is 0 Å². The molecule has 2 atom stereocenters. The normalized spacial score (nSPS) is 30.9. The topological polar surface area (TPSA) is 18.5 Å². The molecule has 19 heavy (non-hydrogen) atoms. The maximum atomic E-state index is 6.01. The number of halogens is 1. The van der Waals surface area contributed by atoms with Gasteiger partial charge in [0.2, 0.25) is 0 Å². The molecule has 0 aromatic rings. The van der Waals surface area contributed by atoms with Crippen LogP contribution in [0.25, 0.3) is 0 Å². The van der Waals surface area contributed by atoms with Gasteiger partial charge in [-0.25, -0.2) is 0 Å². The molecule has 2 rings (SSSR count). The molecule has 2 saturated carbocycles. The highest BCUT2D eigenvalue weighted by Gasteiger charge is 2.37. The summed E-state index contributed by atoms with van der Waals surface area (Å²) in [5.74, 6) is 2.72. The number of rotatable bonds is 8. The zero-order valence-corrected chi connectivity index (χ0v) is 14.3. The molecule has 2 fully saturated rings. The average Bonchev–Trinajstić information content (AvgIpc) is 2.25. The molecule has 2 aliphatic carbocycles. The van der Waals surface area contributed by atoms with Crippen LogP contribution in [0.5, 0.6) is 0 Å². The Bertz CT molecular complexity index is 282. The molecule has 0 bridgehead atoms. The highest BCUT2D eigenvalue weighted by Crippen LogP contribution is 2.45. The van der Waals surface area contributed by atoms with Crippen LogP contribution in [0.15, 0.2) is 10.2 Å². The van der Waals surface area contributed by atoms with Gasteiger partial charge in [0.15, 0.2) is 6.29 Å². The standard InChI is InChI=1S/C16H27IO2/c1-3-18-12(2)19-16(7-8-17)15-10-14(11-15)9-13-5-4-6-13/h7-8,12-16H,3-6,9-11H2,1-2H3/b8-7+. The largest absolute Gasteiger partial charge is 0.353 e. The van der Waals surface area contributed by atoms with Crippen molar-refractivity contribution < 1.29 is 9.47 Å². The second kappa shape index (κ2) is 7.99. The Morgan fingerprint density at radius 2 is 2.00 bits per heavy atom. The third-order valence-electron chi connectivity index (χ3n) is 4.64. The van der Waals surface area contributed by atoms with Gasteiger partial charge in [-0.15, -0.1) is 0 Å². The lowest BCUT2D eigenvalue weighted by Crippen LogP contribution is -2.37. The Morgan fingerprint density at radius 3 is 2.53 bits per heavy atom. The summed E-state index contributed by atoms with van der Waals surface area (Å²) in [6.07, 6.45) is 11.0. The van der Waals surface area contributed by atoms with E-state index in [1.165, 1.54) is 38.5 Å². The molecule has 0 aromatic carbocycles. The van der Waals surface area contributed by atoms with Crippen LogP contribution in [0, 0.1) is 17.8 Å². The second-order valence-electron chi connectivity index (χ2n) is 6.07. The molecule has 2 aliphatic rings. The van der Waals surface area contributed by atoms with E-state index >= 15 is 0 Å². The predicted octanol–water partition coefficient (Wildman–Crippen LogP) is 4.92. The molecule has 2 nitrogen and oxygen atoms in total. The van der Waals surface area contributed by atoms with E-state index in [2.05, 4.69) is 32.7 Å². The minimum absolute atomic E-state index is 0.0896. The fraction of sp³-hybridized carbons (Fsp3) is 0.875. The molecule has 0 amide bonds. The maximum Gasteiger partial charge on any atom is 0.155 e. The van der Waals surface area contributed by atoms with Crippen LogP contribution in [0.2, 0.25) is 0 Å². The average molecular weight is 378 g/mol. The van der Waals surface area contributed by atoms with Crippen molar-refractivity contribution >= 4 is 22.6 Å². The van der Waals surface area contributed by atoms with E-state index in [1.807, 2.05) is 13.8 Å². The van der Waals surface area contributed by atoms with Gasteiger partial charge in [-0.3, -0.25) is 0 Å². The molecule has 0 aliphatic heterocycles. The summed E-state index contributed by atoms with van der Waals surface area (Å²) in [5, 5.41) is 0. The van der Waals surface area contributed by atoms with E-state index in [0.29, 0.717) is 5.92 Å². The fourth-order valence-corrected chi connectivity index (χ4v) is 3.74. The van der Waals surface area contributed by atoms with E-state index in [9.17, 15) is 0 Å². The first-order valence-corrected chi connectivity index (χ1v) is 9.01. The molecule has 0 saturated heterocycles. The van der Waals surface area contributed by atoms with Crippen molar-refractivity contribution in [2.75, 3.05) is 6.61 Å². The SMILES string of the molecule is CCOC(C)OC(/C=C/I)C1CC(CC2CCC2)C1. The van der Waals surface area contributed by atoms with Gasteiger partial charge in [0.25, 0.3) is 0 Å². The van der Waals surface area contributed by atoms with Gasteiger partial charge in [0.1, 0.15) is 0 Å². The van der Waals surface area contributed by atoms with Gasteiger partial charge < -0.3 is 9.47 Å². The monoisotopic (exact) mass is 378 g/mol. The lowest BCUT2D eigenvalue weighted by Gasteiger charge is -2.42. The minimum atomic E-state index is -0.0896. The molecular formula is C16H27IO2. The molecule has 0 N–H and O–H groups in total. The predicted molar refractivity (Wildman–Crippen MR) is 87.3 cm³/mol. The van der Waals surface area contributed by atoms with Crippen molar-refractivity contribution in [1.29, 1.82) is 0 Å². The zero-order chi connectivity index (χ0) is 13.7. The summed E-state index contributed by atoms with van der Waals surface area (Å²) in [6.45, 7) is 4.74. The Labute approximate surface area is 131 Å². The quantitative estimate of drug-likeness (QED) is 0.441. The molecule has 3 heteroatoms. The van der Waals surface area contributed by atoms with Gasteiger partial charge in [-0.1, -0.05) is 41.9 Å². The van der Waals surface area contributed by atoms with E-state index in [0.717, 1.165) is 18.4 Å². The molecule has 0 aromatic heterocycles. The molecular weight excluding hydrogens is 351 g/mol. The Kier molecular flexibility index (Phi) is 6.63. The molecule has 0 radical (unpaired) electrons. The number of hydrogen-bond acceptors (Lipinski definition) is 2. The second-order valence-corrected chi connectivity index (χ2v) is 6.79. The Balaban J connectivity index is 1.71. The first-order valence-electron chi connectivity index (χ1n) is 7.76. The van der Waals surface area contributed by atoms with Crippen LogP contribution in [0.4, 0.5) is 0 Å². The van der Waals surface area contributed by atoms with Gasteiger partial charge in [0, 0.05) is 6.61 Å². The van der Waals surface area contributed by atoms with Crippen molar-refractivity contribution in [3.8, 4) is 0 Å².